The Morgan fingerprint density at radius 1 is 1.23 bits per heavy atom. The van der Waals surface area contributed by atoms with Gasteiger partial charge in [0.25, 0.3) is 5.91 Å². The van der Waals surface area contributed by atoms with Crippen LogP contribution in [-0.4, -0.2) is 36.6 Å². The molecule has 2 heterocycles. The average molecular weight is 318 g/mol. The second-order valence-electron chi connectivity index (χ2n) is 5.20. The number of carbonyl (C=O) groups excluding carboxylic acids is 1. The first-order valence-corrected chi connectivity index (χ1v) is 7.89. The molecule has 6 heteroatoms. The lowest BCUT2D eigenvalue weighted by Gasteiger charge is -2.29. The maximum absolute atomic E-state index is 12.5. The van der Waals surface area contributed by atoms with Crippen LogP contribution in [0.5, 0.6) is 11.5 Å². The standard InChI is InChI=1S/C16H18N2O3S/c1-10-17-8-15(22-10)16(19)18-5-4-11-6-13(20-2)14(21-3)7-12(11)9-18/h6-8H,4-5,9H2,1-3H3. The molecule has 0 saturated carbocycles. The van der Waals surface area contributed by atoms with E-state index in [2.05, 4.69) is 4.98 Å². The fraction of sp³-hybridized carbons (Fsp3) is 0.375. The largest absolute Gasteiger partial charge is 0.493 e. The number of hydrogen-bond donors (Lipinski definition) is 0. The number of ether oxygens (including phenoxy) is 2. The highest BCUT2D eigenvalue weighted by molar-refractivity contribution is 7.13. The van der Waals surface area contributed by atoms with E-state index in [1.807, 2.05) is 24.0 Å². The summed E-state index contributed by atoms with van der Waals surface area (Å²) in [6, 6.07) is 3.97. The van der Waals surface area contributed by atoms with Gasteiger partial charge in [0.15, 0.2) is 11.5 Å². The predicted octanol–water partition coefficient (Wildman–Crippen LogP) is 2.67. The lowest BCUT2D eigenvalue weighted by molar-refractivity contribution is 0.0739. The number of aryl methyl sites for hydroxylation is 1. The van der Waals surface area contributed by atoms with Crippen LogP contribution in [0, 0.1) is 6.92 Å². The van der Waals surface area contributed by atoms with Crippen molar-refractivity contribution < 1.29 is 14.3 Å². The van der Waals surface area contributed by atoms with Crippen molar-refractivity contribution >= 4 is 17.2 Å². The summed E-state index contributed by atoms with van der Waals surface area (Å²) >= 11 is 1.44. The third-order valence-corrected chi connectivity index (χ3v) is 4.74. The highest BCUT2D eigenvalue weighted by atomic mass is 32.1. The average Bonchev–Trinajstić information content (AvgIpc) is 2.98. The van der Waals surface area contributed by atoms with Crippen molar-refractivity contribution in [2.24, 2.45) is 0 Å². The number of nitrogens with zero attached hydrogens (tertiary/aromatic N) is 2. The Bertz CT molecular complexity index is 711. The predicted molar refractivity (Wildman–Crippen MR) is 84.8 cm³/mol. The van der Waals surface area contributed by atoms with Crippen LogP contribution in [0.25, 0.3) is 0 Å². The van der Waals surface area contributed by atoms with Gasteiger partial charge in [-0.2, -0.15) is 0 Å². The monoisotopic (exact) mass is 318 g/mol. The van der Waals surface area contributed by atoms with Gasteiger partial charge in [-0.3, -0.25) is 4.79 Å². The summed E-state index contributed by atoms with van der Waals surface area (Å²) < 4.78 is 10.7. The smallest absolute Gasteiger partial charge is 0.265 e. The number of carbonyl (C=O) groups is 1. The topological polar surface area (TPSA) is 51.7 Å². The molecule has 22 heavy (non-hydrogen) atoms. The lowest BCUT2D eigenvalue weighted by Crippen LogP contribution is -2.35. The Morgan fingerprint density at radius 2 is 1.91 bits per heavy atom. The van der Waals surface area contributed by atoms with E-state index in [0.717, 1.165) is 22.7 Å². The van der Waals surface area contributed by atoms with E-state index in [0.29, 0.717) is 23.7 Å². The molecule has 3 rings (SSSR count). The van der Waals surface area contributed by atoms with Crippen LogP contribution < -0.4 is 9.47 Å². The SMILES string of the molecule is COc1cc2c(cc1OC)CN(C(=O)c1cnc(C)s1)CC2. The van der Waals surface area contributed by atoms with E-state index in [1.165, 1.54) is 16.9 Å². The zero-order valence-electron chi connectivity index (χ0n) is 12.9. The van der Waals surface area contributed by atoms with Gasteiger partial charge in [-0.15, -0.1) is 11.3 Å². The van der Waals surface area contributed by atoms with Crippen LogP contribution in [-0.2, 0) is 13.0 Å². The first-order chi connectivity index (χ1) is 10.6. The minimum absolute atomic E-state index is 0.0473. The summed E-state index contributed by atoms with van der Waals surface area (Å²) in [5.74, 6) is 1.48. The van der Waals surface area contributed by atoms with E-state index in [4.69, 9.17) is 9.47 Å². The van der Waals surface area contributed by atoms with Crippen LogP contribution in [0.1, 0.15) is 25.8 Å². The number of benzene rings is 1. The molecule has 0 unspecified atom stereocenters. The van der Waals surface area contributed by atoms with Crippen LogP contribution in [0.4, 0.5) is 0 Å². The normalized spacial score (nSPS) is 13.7. The molecule has 2 aromatic rings. The Hall–Kier alpha value is -2.08. The summed E-state index contributed by atoms with van der Waals surface area (Å²) in [5.41, 5.74) is 2.32. The van der Waals surface area contributed by atoms with Crippen LogP contribution in [0.2, 0.25) is 0 Å². The van der Waals surface area contributed by atoms with Gasteiger partial charge in [-0.25, -0.2) is 4.98 Å². The highest BCUT2D eigenvalue weighted by Gasteiger charge is 2.24. The quantitative estimate of drug-likeness (QED) is 0.873. The van der Waals surface area contributed by atoms with Crippen molar-refractivity contribution in [1.29, 1.82) is 0 Å². The van der Waals surface area contributed by atoms with Crippen molar-refractivity contribution in [1.82, 2.24) is 9.88 Å². The number of rotatable bonds is 3. The number of hydrogen-bond acceptors (Lipinski definition) is 5. The molecule has 1 aromatic heterocycles. The van der Waals surface area contributed by atoms with Crippen LogP contribution in [0.15, 0.2) is 18.3 Å². The molecule has 0 atom stereocenters. The first-order valence-electron chi connectivity index (χ1n) is 7.08. The van der Waals surface area contributed by atoms with Crippen molar-refractivity contribution in [2.45, 2.75) is 19.9 Å². The highest BCUT2D eigenvalue weighted by Crippen LogP contribution is 2.33. The number of methoxy groups -OCH3 is 2. The molecule has 0 fully saturated rings. The van der Waals surface area contributed by atoms with Gasteiger partial charge in [0.05, 0.1) is 25.4 Å². The summed E-state index contributed by atoms with van der Waals surface area (Å²) in [6.45, 7) is 3.20. The molecule has 0 radical (unpaired) electrons. The van der Waals surface area contributed by atoms with Gasteiger partial charge >= 0.3 is 0 Å². The summed E-state index contributed by atoms with van der Waals surface area (Å²) in [6.07, 6.45) is 2.48. The maximum atomic E-state index is 12.5. The second kappa shape index (κ2) is 5.96. The van der Waals surface area contributed by atoms with Gasteiger partial charge in [-0.1, -0.05) is 0 Å². The first kappa shape index (κ1) is 14.8. The number of aromatic nitrogens is 1. The Balaban J connectivity index is 1.85. The summed E-state index contributed by atoms with van der Waals surface area (Å²) in [4.78, 5) is 19.3. The van der Waals surface area contributed by atoms with Crippen molar-refractivity contribution in [3.05, 3.63) is 39.3 Å². The Morgan fingerprint density at radius 3 is 2.50 bits per heavy atom. The Kier molecular flexibility index (Phi) is 4.02. The van der Waals surface area contributed by atoms with Crippen molar-refractivity contribution in [3.63, 3.8) is 0 Å². The lowest BCUT2D eigenvalue weighted by atomic mass is 9.98. The van der Waals surface area contributed by atoms with Crippen LogP contribution >= 0.6 is 11.3 Å². The van der Waals surface area contributed by atoms with E-state index in [9.17, 15) is 4.79 Å². The van der Waals surface area contributed by atoms with E-state index in [-0.39, 0.29) is 5.91 Å². The van der Waals surface area contributed by atoms with Gasteiger partial charge in [0.1, 0.15) is 4.88 Å². The molecule has 1 aliphatic heterocycles. The molecule has 1 aromatic carbocycles. The molecule has 5 nitrogen and oxygen atoms in total. The fourth-order valence-corrected chi connectivity index (χ4v) is 3.42. The molecule has 0 N–H and O–H groups in total. The molecular weight excluding hydrogens is 300 g/mol. The molecule has 1 aliphatic rings. The number of amides is 1. The maximum Gasteiger partial charge on any atom is 0.265 e. The summed E-state index contributed by atoms with van der Waals surface area (Å²) in [5, 5.41) is 0.909. The number of thiazole rings is 1. The second-order valence-corrected chi connectivity index (χ2v) is 6.43. The third kappa shape index (κ3) is 2.66. The minimum atomic E-state index is 0.0473. The van der Waals surface area contributed by atoms with Crippen molar-refractivity contribution in [3.8, 4) is 11.5 Å². The van der Waals surface area contributed by atoms with Gasteiger partial charge in [0, 0.05) is 13.1 Å². The zero-order valence-corrected chi connectivity index (χ0v) is 13.7. The van der Waals surface area contributed by atoms with E-state index < -0.39 is 0 Å². The minimum Gasteiger partial charge on any atom is -0.493 e. The third-order valence-electron chi connectivity index (χ3n) is 3.84. The Labute approximate surface area is 133 Å². The van der Waals surface area contributed by atoms with E-state index >= 15 is 0 Å². The molecule has 0 aliphatic carbocycles. The summed E-state index contributed by atoms with van der Waals surface area (Å²) in [7, 11) is 3.26. The van der Waals surface area contributed by atoms with Gasteiger partial charge < -0.3 is 14.4 Å². The molecule has 0 saturated heterocycles. The van der Waals surface area contributed by atoms with E-state index in [1.54, 1.807) is 20.4 Å². The molecule has 0 spiro atoms. The van der Waals surface area contributed by atoms with Gasteiger partial charge in [0.2, 0.25) is 0 Å². The van der Waals surface area contributed by atoms with Crippen molar-refractivity contribution in [2.75, 3.05) is 20.8 Å². The van der Waals surface area contributed by atoms with Gasteiger partial charge in [-0.05, 0) is 36.6 Å². The van der Waals surface area contributed by atoms with Crippen LogP contribution in [0.3, 0.4) is 0 Å². The zero-order chi connectivity index (χ0) is 15.7. The fourth-order valence-electron chi connectivity index (χ4n) is 2.67. The molecular formula is C16H18N2O3S. The number of fused-ring (bicyclic) bond motifs is 1. The molecule has 116 valence electrons. The molecule has 0 bridgehead atoms. The molecule has 1 amide bonds.